The molecule has 0 unspecified atom stereocenters. The molecule has 2 aliphatic heterocycles. The number of anilines is 1. The largest absolute Gasteiger partial charge is 0.504 e. The normalized spacial score (nSPS) is 26.4. The fraction of sp³-hybridized carbons (Fsp3) is 0.250. The van der Waals surface area contributed by atoms with E-state index in [1.807, 2.05) is 0 Å². The average molecular weight is 382 g/mol. The second-order valence-corrected chi connectivity index (χ2v) is 6.76. The van der Waals surface area contributed by atoms with Crippen molar-refractivity contribution in [3.05, 3.63) is 54.1 Å². The van der Waals surface area contributed by atoms with Crippen molar-refractivity contribution in [2.24, 2.45) is 11.8 Å². The van der Waals surface area contributed by atoms with E-state index < -0.39 is 41.7 Å². The number of para-hydroxylation sites is 2. The van der Waals surface area contributed by atoms with Crippen molar-refractivity contribution in [2.45, 2.75) is 12.1 Å². The van der Waals surface area contributed by atoms with Gasteiger partial charge in [-0.05, 0) is 18.2 Å². The number of phenols is 1. The molecule has 8 heteroatoms. The molecular weight excluding hydrogens is 364 g/mol. The first-order valence-electron chi connectivity index (χ1n) is 8.73. The van der Waals surface area contributed by atoms with Crippen molar-refractivity contribution in [1.29, 1.82) is 0 Å². The Bertz CT molecular complexity index is 960. The van der Waals surface area contributed by atoms with Gasteiger partial charge in [-0.2, -0.15) is 0 Å². The van der Waals surface area contributed by atoms with Crippen molar-refractivity contribution in [3.63, 3.8) is 0 Å². The number of benzene rings is 2. The number of carboxylic acids is 1. The van der Waals surface area contributed by atoms with E-state index in [4.69, 9.17) is 4.74 Å². The lowest BCUT2D eigenvalue weighted by molar-refractivity contribution is -0.142. The van der Waals surface area contributed by atoms with Gasteiger partial charge in [-0.1, -0.05) is 30.3 Å². The molecule has 2 aromatic rings. The number of carboxylic acid groups (broad SMARTS) is 1. The topological polar surface area (TPSA) is 116 Å². The number of fused-ring (bicyclic) bond motifs is 1. The Morgan fingerprint density at radius 2 is 1.71 bits per heavy atom. The van der Waals surface area contributed by atoms with Gasteiger partial charge in [-0.25, -0.2) is 4.90 Å². The molecule has 2 saturated heterocycles. The van der Waals surface area contributed by atoms with Crippen LogP contribution in [0.3, 0.4) is 0 Å². The Kier molecular flexibility index (Phi) is 4.27. The zero-order chi connectivity index (χ0) is 20.0. The molecule has 2 aliphatic rings. The lowest BCUT2D eigenvalue weighted by atomic mass is 9.86. The SMILES string of the molecule is COc1cccc([C@@H]2N[C@H](C(=O)O)[C@@H]3C(=O)N(c4ccccc4)C(=O)[C@@H]32)c1O. The molecule has 4 rings (SSSR count). The molecule has 0 radical (unpaired) electrons. The van der Waals surface area contributed by atoms with Crippen molar-refractivity contribution in [2.75, 3.05) is 12.0 Å². The zero-order valence-electron chi connectivity index (χ0n) is 14.9. The highest BCUT2D eigenvalue weighted by Gasteiger charge is 2.61. The molecule has 2 amide bonds. The molecule has 0 spiro atoms. The van der Waals surface area contributed by atoms with Crippen LogP contribution in [0.15, 0.2) is 48.5 Å². The summed E-state index contributed by atoms with van der Waals surface area (Å²) >= 11 is 0. The van der Waals surface area contributed by atoms with Crippen LogP contribution in [0.25, 0.3) is 0 Å². The van der Waals surface area contributed by atoms with E-state index in [0.717, 1.165) is 4.90 Å². The predicted octanol–water partition coefficient (Wildman–Crippen LogP) is 1.30. The monoisotopic (exact) mass is 382 g/mol. The van der Waals surface area contributed by atoms with Crippen LogP contribution >= 0.6 is 0 Å². The van der Waals surface area contributed by atoms with Crippen LogP contribution in [0.2, 0.25) is 0 Å². The van der Waals surface area contributed by atoms with E-state index in [0.29, 0.717) is 11.3 Å². The highest BCUT2D eigenvalue weighted by atomic mass is 16.5. The number of nitrogens with one attached hydrogen (secondary N) is 1. The summed E-state index contributed by atoms with van der Waals surface area (Å²) in [5.74, 6) is -4.30. The summed E-state index contributed by atoms with van der Waals surface area (Å²) in [6.45, 7) is 0. The third kappa shape index (κ3) is 2.53. The summed E-state index contributed by atoms with van der Waals surface area (Å²) in [5.41, 5.74) is 0.707. The van der Waals surface area contributed by atoms with Gasteiger partial charge in [0.25, 0.3) is 0 Å². The number of amides is 2. The molecule has 0 saturated carbocycles. The number of ether oxygens (including phenoxy) is 1. The zero-order valence-corrected chi connectivity index (χ0v) is 14.9. The highest BCUT2D eigenvalue weighted by molar-refractivity contribution is 6.23. The van der Waals surface area contributed by atoms with E-state index in [1.165, 1.54) is 7.11 Å². The molecular formula is C20H18N2O6. The first-order chi connectivity index (χ1) is 13.5. The van der Waals surface area contributed by atoms with E-state index in [1.54, 1.807) is 48.5 Å². The number of methoxy groups -OCH3 is 1. The van der Waals surface area contributed by atoms with E-state index in [2.05, 4.69) is 5.32 Å². The number of phenolic OH excluding ortho intramolecular Hbond substituents is 1. The van der Waals surface area contributed by atoms with Crippen LogP contribution < -0.4 is 15.0 Å². The van der Waals surface area contributed by atoms with Gasteiger partial charge in [0.2, 0.25) is 11.8 Å². The standard InChI is InChI=1S/C20H18N2O6/c1-28-12-9-5-8-11(17(12)23)15-13-14(16(21-15)20(26)27)19(25)22(18(13)24)10-6-3-2-4-7-10/h2-9,13-16,21,23H,1H3,(H,26,27)/t13-,14+,15-,16-/m0/s1. The van der Waals surface area contributed by atoms with Crippen molar-refractivity contribution >= 4 is 23.5 Å². The summed E-state index contributed by atoms with van der Waals surface area (Å²) < 4.78 is 5.11. The number of aromatic hydroxyl groups is 1. The molecule has 4 atom stereocenters. The quantitative estimate of drug-likeness (QED) is 0.683. The summed E-state index contributed by atoms with van der Waals surface area (Å²) in [6.07, 6.45) is 0. The fourth-order valence-corrected chi connectivity index (χ4v) is 4.11. The number of hydrogen-bond acceptors (Lipinski definition) is 6. The Balaban J connectivity index is 1.81. The van der Waals surface area contributed by atoms with Gasteiger partial charge in [-0.15, -0.1) is 0 Å². The first kappa shape index (κ1) is 18.0. The Morgan fingerprint density at radius 3 is 2.36 bits per heavy atom. The Morgan fingerprint density at radius 1 is 1.04 bits per heavy atom. The van der Waals surface area contributed by atoms with Gasteiger partial charge in [0, 0.05) is 11.6 Å². The molecule has 0 bridgehead atoms. The maximum absolute atomic E-state index is 13.2. The second kappa shape index (κ2) is 6.65. The molecule has 2 fully saturated rings. The van der Waals surface area contributed by atoms with Crippen LogP contribution in [-0.4, -0.2) is 41.1 Å². The number of rotatable bonds is 4. The summed E-state index contributed by atoms with van der Waals surface area (Å²) in [6, 6.07) is 11.1. The van der Waals surface area contributed by atoms with Crippen LogP contribution in [0.4, 0.5) is 5.69 Å². The molecule has 0 aromatic heterocycles. The van der Waals surface area contributed by atoms with Gasteiger partial charge in [0.15, 0.2) is 11.5 Å². The summed E-state index contributed by atoms with van der Waals surface area (Å²) in [5, 5.41) is 23.0. The Labute approximate surface area is 160 Å². The second-order valence-electron chi connectivity index (χ2n) is 6.76. The van der Waals surface area contributed by atoms with Gasteiger partial charge < -0.3 is 14.9 Å². The molecule has 0 aliphatic carbocycles. The molecule has 2 aromatic carbocycles. The number of imide groups is 1. The lowest BCUT2D eigenvalue weighted by Crippen LogP contribution is -2.43. The van der Waals surface area contributed by atoms with Crippen molar-refractivity contribution in [1.82, 2.24) is 5.32 Å². The maximum atomic E-state index is 13.2. The van der Waals surface area contributed by atoms with Crippen LogP contribution in [0.1, 0.15) is 11.6 Å². The van der Waals surface area contributed by atoms with Gasteiger partial charge >= 0.3 is 5.97 Å². The average Bonchev–Trinajstić information content (AvgIpc) is 3.20. The number of hydrogen-bond donors (Lipinski definition) is 3. The molecule has 3 N–H and O–H groups in total. The van der Waals surface area contributed by atoms with Crippen molar-refractivity contribution in [3.8, 4) is 11.5 Å². The van der Waals surface area contributed by atoms with Gasteiger partial charge in [0.05, 0.1) is 24.6 Å². The summed E-state index contributed by atoms with van der Waals surface area (Å²) in [7, 11) is 1.39. The number of carbonyl (C=O) groups excluding carboxylic acids is 2. The third-order valence-electron chi connectivity index (χ3n) is 5.34. The Hall–Kier alpha value is -3.39. The maximum Gasteiger partial charge on any atom is 0.321 e. The molecule has 2 heterocycles. The van der Waals surface area contributed by atoms with E-state index in [9.17, 15) is 24.6 Å². The lowest BCUT2D eigenvalue weighted by Gasteiger charge is -2.22. The first-order valence-corrected chi connectivity index (χ1v) is 8.73. The number of aliphatic carboxylic acids is 1. The minimum absolute atomic E-state index is 0.189. The summed E-state index contributed by atoms with van der Waals surface area (Å²) in [4.78, 5) is 39.0. The van der Waals surface area contributed by atoms with Crippen LogP contribution in [0, 0.1) is 11.8 Å². The van der Waals surface area contributed by atoms with Crippen LogP contribution in [0.5, 0.6) is 11.5 Å². The predicted molar refractivity (Wildman–Crippen MR) is 97.9 cm³/mol. The van der Waals surface area contributed by atoms with E-state index in [-0.39, 0.29) is 11.5 Å². The fourth-order valence-electron chi connectivity index (χ4n) is 4.11. The molecule has 28 heavy (non-hydrogen) atoms. The minimum Gasteiger partial charge on any atom is -0.504 e. The van der Waals surface area contributed by atoms with Gasteiger partial charge in [0.1, 0.15) is 6.04 Å². The van der Waals surface area contributed by atoms with Crippen LogP contribution in [-0.2, 0) is 14.4 Å². The van der Waals surface area contributed by atoms with E-state index >= 15 is 0 Å². The van der Waals surface area contributed by atoms with Gasteiger partial charge in [-0.3, -0.25) is 19.7 Å². The number of nitrogens with zero attached hydrogens (tertiary/aromatic N) is 1. The molecule has 8 nitrogen and oxygen atoms in total. The number of carbonyl (C=O) groups is 3. The minimum atomic E-state index is -1.24. The molecule has 144 valence electrons. The third-order valence-corrected chi connectivity index (χ3v) is 5.34. The highest BCUT2D eigenvalue weighted by Crippen LogP contribution is 2.48. The van der Waals surface area contributed by atoms with Crippen molar-refractivity contribution < 1.29 is 29.3 Å². The smallest absolute Gasteiger partial charge is 0.321 e.